The summed E-state index contributed by atoms with van der Waals surface area (Å²) in [5, 5.41) is 0.552. The van der Waals surface area contributed by atoms with Gasteiger partial charge in [-0.2, -0.15) is 4.72 Å². The first-order chi connectivity index (χ1) is 16.0. The number of fused-ring (bicyclic) bond motifs is 1. The molecule has 0 saturated heterocycles. The average molecular weight is 486 g/mol. The molecule has 8 heteroatoms. The SMILES string of the molecule is CCCCc1cc(=O)oc2cc(C)cc(OC(=O)C(NS(=O)(=O)c3ccc(C)cc3)C(C)C)c12. The molecule has 3 aromatic rings. The molecule has 1 heterocycles. The van der Waals surface area contributed by atoms with E-state index in [4.69, 9.17) is 9.15 Å². The Hall–Kier alpha value is -2.97. The Morgan fingerprint density at radius 3 is 2.35 bits per heavy atom. The topological polar surface area (TPSA) is 103 Å². The van der Waals surface area contributed by atoms with E-state index in [-0.39, 0.29) is 16.6 Å². The van der Waals surface area contributed by atoms with Crippen LogP contribution >= 0.6 is 0 Å². The minimum absolute atomic E-state index is 0.0705. The summed E-state index contributed by atoms with van der Waals surface area (Å²) in [6, 6.07) is 10.1. The number of hydrogen-bond acceptors (Lipinski definition) is 6. The third-order valence-electron chi connectivity index (χ3n) is 5.58. The van der Waals surface area contributed by atoms with Crippen molar-refractivity contribution in [3.63, 3.8) is 0 Å². The van der Waals surface area contributed by atoms with Crippen molar-refractivity contribution in [2.75, 3.05) is 0 Å². The molecule has 1 atom stereocenters. The second-order valence-electron chi connectivity index (χ2n) is 8.91. The average Bonchev–Trinajstić information content (AvgIpc) is 2.75. The lowest BCUT2D eigenvalue weighted by Crippen LogP contribution is -2.46. The van der Waals surface area contributed by atoms with Crippen LogP contribution in [0.3, 0.4) is 0 Å². The van der Waals surface area contributed by atoms with Crippen LogP contribution in [0, 0.1) is 19.8 Å². The first kappa shape index (κ1) is 25.6. The highest BCUT2D eigenvalue weighted by atomic mass is 32.2. The molecule has 7 nitrogen and oxygen atoms in total. The molecule has 1 N–H and O–H groups in total. The van der Waals surface area contributed by atoms with E-state index in [1.807, 2.05) is 13.8 Å². The normalized spacial score (nSPS) is 12.8. The van der Waals surface area contributed by atoms with E-state index in [0.29, 0.717) is 17.4 Å². The lowest BCUT2D eigenvalue weighted by Gasteiger charge is -2.21. The molecule has 0 amide bonds. The summed E-state index contributed by atoms with van der Waals surface area (Å²) >= 11 is 0. The van der Waals surface area contributed by atoms with Crippen molar-refractivity contribution >= 4 is 27.0 Å². The zero-order chi connectivity index (χ0) is 25.0. The highest BCUT2D eigenvalue weighted by Gasteiger charge is 2.31. The highest BCUT2D eigenvalue weighted by Crippen LogP contribution is 2.31. The minimum Gasteiger partial charge on any atom is -0.425 e. The van der Waals surface area contributed by atoms with E-state index in [2.05, 4.69) is 4.72 Å². The number of aryl methyl sites for hydroxylation is 3. The quantitative estimate of drug-likeness (QED) is 0.269. The molecule has 0 radical (unpaired) electrons. The Kier molecular flexibility index (Phi) is 7.94. The first-order valence-corrected chi connectivity index (χ1v) is 12.9. The van der Waals surface area contributed by atoms with Gasteiger partial charge in [0, 0.05) is 6.07 Å². The number of ether oxygens (including phenoxy) is 1. The van der Waals surface area contributed by atoms with Gasteiger partial charge in [0.1, 0.15) is 17.4 Å². The van der Waals surface area contributed by atoms with Crippen LogP contribution in [-0.4, -0.2) is 20.4 Å². The monoisotopic (exact) mass is 485 g/mol. The Morgan fingerprint density at radius 2 is 1.74 bits per heavy atom. The number of nitrogens with one attached hydrogen (secondary N) is 1. The van der Waals surface area contributed by atoms with Gasteiger partial charge in [0.2, 0.25) is 10.0 Å². The summed E-state index contributed by atoms with van der Waals surface area (Å²) in [5.41, 5.74) is 2.27. The van der Waals surface area contributed by atoms with Gasteiger partial charge in [-0.05, 0) is 68.0 Å². The number of carbonyl (C=O) groups excluding carboxylic acids is 1. The van der Waals surface area contributed by atoms with Crippen molar-refractivity contribution in [2.24, 2.45) is 5.92 Å². The van der Waals surface area contributed by atoms with Crippen LogP contribution in [0.25, 0.3) is 11.0 Å². The van der Waals surface area contributed by atoms with E-state index >= 15 is 0 Å². The maximum Gasteiger partial charge on any atom is 0.336 e. The molecule has 0 aliphatic rings. The molecule has 0 saturated carbocycles. The van der Waals surface area contributed by atoms with Crippen LogP contribution in [0.1, 0.15) is 50.3 Å². The molecule has 0 aliphatic heterocycles. The number of sulfonamides is 1. The number of carbonyl (C=O) groups is 1. The zero-order valence-corrected chi connectivity index (χ0v) is 21.0. The van der Waals surface area contributed by atoms with Gasteiger partial charge < -0.3 is 9.15 Å². The van der Waals surface area contributed by atoms with E-state index in [1.165, 1.54) is 18.2 Å². The Morgan fingerprint density at radius 1 is 1.06 bits per heavy atom. The maximum absolute atomic E-state index is 13.2. The lowest BCUT2D eigenvalue weighted by molar-refractivity contribution is -0.137. The molecule has 2 aromatic carbocycles. The van der Waals surface area contributed by atoms with Gasteiger partial charge in [0.25, 0.3) is 0 Å². The van der Waals surface area contributed by atoms with Crippen molar-refractivity contribution in [3.8, 4) is 5.75 Å². The summed E-state index contributed by atoms with van der Waals surface area (Å²) in [5.74, 6) is -0.860. The maximum atomic E-state index is 13.2. The standard InChI is InChI=1S/C26H31NO6S/c1-6-7-8-19-15-23(28)32-21-13-18(5)14-22(24(19)21)33-26(29)25(16(2)3)27-34(30,31)20-11-9-17(4)10-12-20/h9-16,25,27H,6-8H2,1-5H3. The summed E-state index contributed by atoms with van der Waals surface area (Å²) in [7, 11) is -3.95. The Labute approximate surface area is 200 Å². The van der Waals surface area contributed by atoms with Crippen molar-refractivity contribution in [3.05, 3.63) is 69.6 Å². The predicted octanol–water partition coefficient (Wildman–Crippen LogP) is 4.66. The zero-order valence-electron chi connectivity index (χ0n) is 20.2. The molecule has 1 unspecified atom stereocenters. The Bertz CT molecular complexity index is 1340. The van der Waals surface area contributed by atoms with Crippen molar-refractivity contribution < 1.29 is 22.4 Å². The fourth-order valence-corrected chi connectivity index (χ4v) is 5.03. The molecule has 3 rings (SSSR count). The number of rotatable bonds is 9. The molecular weight excluding hydrogens is 454 g/mol. The first-order valence-electron chi connectivity index (χ1n) is 11.4. The number of hydrogen-bond donors (Lipinski definition) is 1. The molecular formula is C26H31NO6S. The van der Waals surface area contributed by atoms with Crippen molar-refractivity contribution in [1.82, 2.24) is 4.72 Å². The van der Waals surface area contributed by atoms with E-state index < -0.39 is 27.7 Å². The van der Waals surface area contributed by atoms with E-state index in [9.17, 15) is 18.0 Å². The lowest BCUT2D eigenvalue weighted by atomic mass is 10.0. The van der Waals surface area contributed by atoms with Crippen LogP contribution < -0.4 is 15.1 Å². The Balaban J connectivity index is 1.98. The summed E-state index contributed by atoms with van der Waals surface area (Å²) in [6.45, 7) is 9.19. The van der Waals surface area contributed by atoms with Crippen LogP contribution in [0.2, 0.25) is 0 Å². The predicted molar refractivity (Wildman–Crippen MR) is 132 cm³/mol. The molecule has 1 aromatic heterocycles. The van der Waals surface area contributed by atoms with E-state index in [1.54, 1.807) is 45.0 Å². The van der Waals surface area contributed by atoms with Crippen LogP contribution in [0.5, 0.6) is 5.75 Å². The third kappa shape index (κ3) is 5.93. The summed E-state index contributed by atoms with van der Waals surface area (Å²) in [6.07, 6.45) is 2.41. The van der Waals surface area contributed by atoms with Crippen LogP contribution in [0.4, 0.5) is 0 Å². The molecule has 0 spiro atoms. The summed E-state index contributed by atoms with van der Waals surface area (Å²) < 4.78 is 39.5. The second kappa shape index (κ2) is 10.5. The molecule has 182 valence electrons. The molecule has 34 heavy (non-hydrogen) atoms. The fourth-order valence-electron chi connectivity index (χ4n) is 3.70. The largest absolute Gasteiger partial charge is 0.425 e. The minimum atomic E-state index is -3.95. The van der Waals surface area contributed by atoms with E-state index in [0.717, 1.165) is 29.5 Å². The third-order valence-corrected chi connectivity index (χ3v) is 7.04. The molecule has 0 fully saturated rings. The van der Waals surface area contributed by atoms with Gasteiger partial charge in [-0.15, -0.1) is 0 Å². The van der Waals surface area contributed by atoms with Gasteiger partial charge in [0.05, 0.1) is 10.3 Å². The highest BCUT2D eigenvalue weighted by molar-refractivity contribution is 7.89. The van der Waals surface area contributed by atoms with Crippen molar-refractivity contribution in [2.45, 2.75) is 64.8 Å². The smallest absolute Gasteiger partial charge is 0.336 e. The molecule has 0 bridgehead atoms. The van der Waals surface area contributed by atoms with Gasteiger partial charge >= 0.3 is 11.6 Å². The number of benzene rings is 2. The van der Waals surface area contributed by atoms with Gasteiger partial charge in [-0.3, -0.25) is 0 Å². The van der Waals surface area contributed by atoms with Crippen molar-refractivity contribution in [1.29, 1.82) is 0 Å². The number of esters is 1. The number of unbranched alkanes of at least 4 members (excludes halogenated alkanes) is 1. The second-order valence-corrected chi connectivity index (χ2v) is 10.6. The van der Waals surface area contributed by atoms with Crippen LogP contribution in [0.15, 0.2) is 56.6 Å². The van der Waals surface area contributed by atoms with Gasteiger partial charge in [0.15, 0.2) is 0 Å². The fraction of sp³-hybridized carbons (Fsp3) is 0.385. The summed E-state index contributed by atoms with van der Waals surface area (Å²) in [4.78, 5) is 25.4. The van der Waals surface area contributed by atoms with Gasteiger partial charge in [-0.1, -0.05) is 44.9 Å². The van der Waals surface area contributed by atoms with Crippen LogP contribution in [-0.2, 0) is 21.2 Å². The molecule has 0 aliphatic carbocycles. The van der Waals surface area contributed by atoms with Gasteiger partial charge in [-0.25, -0.2) is 18.0 Å².